The SMILES string of the molecule is Cc1ccc2cc(C(NN)c3cc(Br)cs3)ccc2n1. The fourth-order valence-electron chi connectivity index (χ4n) is 2.25. The number of rotatable bonds is 3. The molecule has 0 aliphatic heterocycles. The van der Waals surface area contributed by atoms with Crippen LogP contribution >= 0.6 is 27.3 Å². The van der Waals surface area contributed by atoms with Crippen molar-refractivity contribution in [3.05, 3.63) is 62.4 Å². The number of hydrogen-bond acceptors (Lipinski definition) is 4. The molecule has 2 heterocycles. The summed E-state index contributed by atoms with van der Waals surface area (Å²) in [6, 6.07) is 12.5. The summed E-state index contributed by atoms with van der Waals surface area (Å²) in [4.78, 5) is 5.70. The van der Waals surface area contributed by atoms with Crippen LogP contribution in [0.15, 0.2) is 46.3 Å². The highest BCUT2D eigenvalue weighted by molar-refractivity contribution is 9.10. The lowest BCUT2D eigenvalue weighted by Crippen LogP contribution is -2.28. The summed E-state index contributed by atoms with van der Waals surface area (Å²) < 4.78 is 1.08. The van der Waals surface area contributed by atoms with Crippen molar-refractivity contribution in [3.63, 3.8) is 0 Å². The molecule has 2 aromatic heterocycles. The third-order valence-corrected chi connectivity index (χ3v) is 4.98. The molecule has 102 valence electrons. The summed E-state index contributed by atoms with van der Waals surface area (Å²) in [6.07, 6.45) is 0. The second-order valence-corrected chi connectivity index (χ2v) is 6.53. The van der Waals surface area contributed by atoms with E-state index in [0.29, 0.717) is 0 Å². The van der Waals surface area contributed by atoms with Crippen molar-refractivity contribution in [2.24, 2.45) is 5.84 Å². The molecule has 0 aliphatic carbocycles. The van der Waals surface area contributed by atoms with E-state index in [4.69, 9.17) is 5.84 Å². The largest absolute Gasteiger partial charge is 0.271 e. The Morgan fingerprint density at radius 3 is 2.80 bits per heavy atom. The predicted octanol–water partition coefficient (Wildman–Crippen LogP) is 3.92. The Bertz CT molecular complexity index is 754. The maximum absolute atomic E-state index is 5.74. The summed E-state index contributed by atoms with van der Waals surface area (Å²) >= 11 is 5.16. The second kappa shape index (κ2) is 5.61. The molecule has 1 unspecified atom stereocenters. The van der Waals surface area contributed by atoms with E-state index in [1.54, 1.807) is 11.3 Å². The second-order valence-electron chi connectivity index (χ2n) is 4.67. The Morgan fingerprint density at radius 1 is 1.25 bits per heavy atom. The van der Waals surface area contributed by atoms with E-state index in [1.807, 2.05) is 19.1 Å². The average Bonchev–Trinajstić information content (AvgIpc) is 2.86. The van der Waals surface area contributed by atoms with Crippen LogP contribution in [0.5, 0.6) is 0 Å². The molecule has 0 saturated carbocycles. The Balaban J connectivity index is 2.05. The number of hydrazine groups is 1. The highest BCUT2D eigenvalue weighted by atomic mass is 79.9. The number of nitrogens with two attached hydrogens (primary N) is 1. The zero-order valence-electron chi connectivity index (χ0n) is 10.9. The quantitative estimate of drug-likeness (QED) is 0.557. The van der Waals surface area contributed by atoms with Crippen molar-refractivity contribution in [2.75, 3.05) is 0 Å². The molecule has 3 aromatic rings. The molecule has 3 nitrogen and oxygen atoms in total. The van der Waals surface area contributed by atoms with E-state index in [2.05, 4.69) is 56.0 Å². The lowest BCUT2D eigenvalue weighted by Gasteiger charge is -2.15. The number of halogens is 1. The van der Waals surface area contributed by atoms with Crippen molar-refractivity contribution in [3.8, 4) is 0 Å². The highest BCUT2D eigenvalue weighted by Gasteiger charge is 2.15. The number of nitrogens with zero attached hydrogens (tertiary/aromatic N) is 1. The smallest absolute Gasteiger partial charge is 0.0803 e. The topological polar surface area (TPSA) is 50.9 Å². The Hall–Kier alpha value is -1.27. The molecule has 3 rings (SSSR count). The number of benzene rings is 1. The first-order chi connectivity index (χ1) is 9.67. The van der Waals surface area contributed by atoms with Crippen LogP contribution in [-0.4, -0.2) is 4.98 Å². The van der Waals surface area contributed by atoms with Crippen LogP contribution in [0, 0.1) is 6.92 Å². The molecule has 0 bridgehead atoms. The fourth-order valence-corrected chi connectivity index (χ4v) is 3.78. The molecule has 1 atom stereocenters. The van der Waals surface area contributed by atoms with Gasteiger partial charge in [0, 0.05) is 25.8 Å². The molecule has 5 heteroatoms. The zero-order chi connectivity index (χ0) is 14.1. The predicted molar refractivity (Wildman–Crippen MR) is 87.7 cm³/mol. The van der Waals surface area contributed by atoms with Crippen molar-refractivity contribution in [2.45, 2.75) is 13.0 Å². The minimum atomic E-state index is -0.00277. The monoisotopic (exact) mass is 347 g/mol. The van der Waals surface area contributed by atoms with E-state index in [0.717, 1.165) is 26.6 Å². The van der Waals surface area contributed by atoms with Gasteiger partial charge >= 0.3 is 0 Å². The third kappa shape index (κ3) is 2.62. The summed E-state index contributed by atoms with van der Waals surface area (Å²) in [5, 5.41) is 3.19. The number of hydrogen-bond donors (Lipinski definition) is 2. The van der Waals surface area contributed by atoms with Crippen LogP contribution < -0.4 is 11.3 Å². The molecule has 0 aliphatic rings. The van der Waals surface area contributed by atoms with Gasteiger partial charge in [0.2, 0.25) is 0 Å². The minimum absolute atomic E-state index is 0.00277. The number of pyridine rings is 1. The van der Waals surface area contributed by atoms with E-state index >= 15 is 0 Å². The van der Waals surface area contributed by atoms with Gasteiger partial charge in [-0.2, -0.15) is 0 Å². The maximum atomic E-state index is 5.74. The van der Waals surface area contributed by atoms with E-state index in [1.165, 1.54) is 4.88 Å². The zero-order valence-corrected chi connectivity index (χ0v) is 13.3. The molecule has 0 saturated heterocycles. The van der Waals surface area contributed by atoms with Gasteiger partial charge in [0.05, 0.1) is 11.6 Å². The van der Waals surface area contributed by atoms with Crippen LogP contribution in [0.1, 0.15) is 22.2 Å². The molecule has 0 fully saturated rings. The molecule has 0 spiro atoms. The molecule has 1 aromatic carbocycles. The van der Waals surface area contributed by atoms with E-state index in [-0.39, 0.29) is 6.04 Å². The summed E-state index contributed by atoms with van der Waals surface area (Å²) in [5.41, 5.74) is 6.07. The first kappa shape index (κ1) is 13.7. The van der Waals surface area contributed by atoms with Crippen molar-refractivity contribution >= 4 is 38.2 Å². The van der Waals surface area contributed by atoms with Gasteiger partial charge in [-0.3, -0.25) is 10.8 Å². The minimum Gasteiger partial charge on any atom is -0.271 e. The highest BCUT2D eigenvalue weighted by Crippen LogP contribution is 2.30. The summed E-state index contributed by atoms with van der Waals surface area (Å²) in [7, 11) is 0. The van der Waals surface area contributed by atoms with Gasteiger partial charge in [-0.15, -0.1) is 11.3 Å². The van der Waals surface area contributed by atoms with Crippen molar-refractivity contribution in [1.29, 1.82) is 0 Å². The standard InChI is InChI=1S/C15H14BrN3S/c1-9-2-3-10-6-11(4-5-13(10)18-9)15(19-17)14-7-12(16)8-20-14/h2-8,15,19H,17H2,1H3. The molecular weight excluding hydrogens is 334 g/mol. The Morgan fingerprint density at radius 2 is 2.10 bits per heavy atom. The van der Waals surface area contributed by atoms with Gasteiger partial charge in [0.15, 0.2) is 0 Å². The summed E-state index contributed by atoms with van der Waals surface area (Å²) in [6.45, 7) is 2.00. The first-order valence-corrected chi connectivity index (χ1v) is 7.92. The molecular formula is C15H14BrN3S. The van der Waals surface area contributed by atoms with Gasteiger partial charge < -0.3 is 0 Å². The number of fused-ring (bicyclic) bond motifs is 1. The van der Waals surface area contributed by atoms with Crippen molar-refractivity contribution in [1.82, 2.24) is 10.4 Å². The van der Waals surface area contributed by atoms with Crippen LogP contribution in [0.3, 0.4) is 0 Å². The van der Waals surface area contributed by atoms with Crippen LogP contribution in [-0.2, 0) is 0 Å². The lowest BCUT2D eigenvalue weighted by molar-refractivity contribution is 0.647. The third-order valence-electron chi connectivity index (χ3n) is 3.22. The van der Waals surface area contributed by atoms with E-state index in [9.17, 15) is 0 Å². The Kier molecular flexibility index (Phi) is 3.85. The Labute approximate surface area is 129 Å². The van der Waals surface area contributed by atoms with Gasteiger partial charge in [-0.05, 0) is 52.7 Å². The molecule has 0 amide bonds. The van der Waals surface area contributed by atoms with Gasteiger partial charge in [0.1, 0.15) is 0 Å². The number of thiophene rings is 1. The average molecular weight is 348 g/mol. The fraction of sp³-hybridized carbons (Fsp3) is 0.133. The normalized spacial score (nSPS) is 12.8. The van der Waals surface area contributed by atoms with Crippen molar-refractivity contribution < 1.29 is 0 Å². The van der Waals surface area contributed by atoms with Crippen LogP contribution in [0.25, 0.3) is 10.9 Å². The van der Waals surface area contributed by atoms with Crippen LogP contribution in [0.4, 0.5) is 0 Å². The number of aromatic nitrogens is 1. The van der Waals surface area contributed by atoms with Gasteiger partial charge in [0.25, 0.3) is 0 Å². The lowest BCUT2D eigenvalue weighted by atomic mass is 10.0. The molecule has 3 N–H and O–H groups in total. The molecule has 20 heavy (non-hydrogen) atoms. The summed E-state index contributed by atoms with van der Waals surface area (Å²) in [5.74, 6) is 5.74. The van der Waals surface area contributed by atoms with Crippen LogP contribution in [0.2, 0.25) is 0 Å². The maximum Gasteiger partial charge on any atom is 0.0803 e. The van der Waals surface area contributed by atoms with Gasteiger partial charge in [-0.25, -0.2) is 5.43 Å². The van der Waals surface area contributed by atoms with E-state index < -0.39 is 0 Å². The molecule has 0 radical (unpaired) electrons. The number of nitrogens with one attached hydrogen (secondary N) is 1. The van der Waals surface area contributed by atoms with Gasteiger partial charge in [-0.1, -0.05) is 12.1 Å². The number of aryl methyl sites for hydroxylation is 1. The first-order valence-electron chi connectivity index (χ1n) is 6.25.